The minimum atomic E-state index is -0.148. The number of aromatic amines is 1. The maximum atomic E-state index is 11.7. The van der Waals surface area contributed by atoms with Crippen LogP contribution in [0.5, 0.6) is 5.75 Å². The standard InChI is InChI=1S/C15H15BrN2O2/c1-11-2-3-14(13(16)8-11)20-10-15(19)18-9-12-4-6-17-7-5-12/h2-8H,9-10H2,1H3,(H,18,19)/p+1. The largest absolute Gasteiger partial charge is 0.483 e. The topological polar surface area (TPSA) is 52.5 Å². The minimum absolute atomic E-state index is 0.000615. The van der Waals surface area contributed by atoms with Crippen LogP contribution in [0.15, 0.2) is 47.2 Å². The highest BCUT2D eigenvalue weighted by molar-refractivity contribution is 9.10. The molecule has 1 aromatic heterocycles. The van der Waals surface area contributed by atoms with Crippen LogP contribution in [0.1, 0.15) is 11.1 Å². The van der Waals surface area contributed by atoms with Crippen molar-refractivity contribution in [3.05, 3.63) is 58.3 Å². The van der Waals surface area contributed by atoms with Gasteiger partial charge in [-0.2, -0.15) is 0 Å². The van der Waals surface area contributed by atoms with Crippen LogP contribution in [-0.2, 0) is 11.3 Å². The van der Waals surface area contributed by atoms with Crippen LogP contribution in [-0.4, -0.2) is 12.5 Å². The zero-order chi connectivity index (χ0) is 14.4. The summed E-state index contributed by atoms with van der Waals surface area (Å²) in [4.78, 5) is 14.6. The Bertz CT molecular complexity index is 588. The van der Waals surface area contributed by atoms with Crippen molar-refractivity contribution in [1.82, 2.24) is 5.32 Å². The molecule has 0 aliphatic rings. The molecule has 5 heteroatoms. The Morgan fingerprint density at radius 3 is 2.75 bits per heavy atom. The van der Waals surface area contributed by atoms with E-state index >= 15 is 0 Å². The molecule has 0 fully saturated rings. The predicted octanol–water partition coefficient (Wildman–Crippen LogP) is 2.27. The van der Waals surface area contributed by atoms with Gasteiger partial charge in [0.2, 0.25) is 0 Å². The summed E-state index contributed by atoms with van der Waals surface area (Å²) in [5, 5.41) is 2.81. The highest BCUT2D eigenvalue weighted by Crippen LogP contribution is 2.25. The van der Waals surface area contributed by atoms with Gasteiger partial charge in [0.1, 0.15) is 5.75 Å². The molecule has 2 rings (SSSR count). The summed E-state index contributed by atoms with van der Waals surface area (Å²) in [7, 11) is 0. The zero-order valence-corrected chi connectivity index (χ0v) is 12.7. The number of hydrogen-bond donors (Lipinski definition) is 1. The van der Waals surface area contributed by atoms with Crippen LogP contribution < -0.4 is 15.0 Å². The van der Waals surface area contributed by atoms with Gasteiger partial charge in [-0.1, -0.05) is 6.07 Å². The van der Waals surface area contributed by atoms with E-state index in [1.165, 1.54) is 0 Å². The molecule has 0 saturated heterocycles. The molecule has 0 bridgehead atoms. The van der Waals surface area contributed by atoms with Crippen molar-refractivity contribution in [2.24, 2.45) is 0 Å². The van der Waals surface area contributed by atoms with E-state index in [4.69, 9.17) is 4.74 Å². The number of amides is 1. The fraction of sp³-hybridized carbons (Fsp3) is 0.200. The molecular formula is C15H16BrN2O2+. The van der Waals surface area contributed by atoms with Gasteiger partial charge in [0.15, 0.2) is 19.0 Å². The highest BCUT2D eigenvalue weighted by atomic mass is 79.9. The zero-order valence-electron chi connectivity index (χ0n) is 11.2. The van der Waals surface area contributed by atoms with Crippen LogP contribution >= 0.6 is 15.9 Å². The highest BCUT2D eigenvalue weighted by Gasteiger charge is 2.06. The Morgan fingerprint density at radius 2 is 2.05 bits per heavy atom. The van der Waals surface area contributed by atoms with Crippen LogP contribution in [0.4, 0.5) is 0 Å². The quantitative estimate of drug-likeness (QED) is 0.911. The van der Waals surface area contributed by atoms with E-state index in [1.807, 2.05) is 49.6 Å². The summed E-state index contributed by atoms with van der Waals surface area (Å²) in [6, 6.07) is 9.57. The number of carbonyl (C=O) groups excluding carboxylic acids is 1. The number of ether oxygens (including phenoxy) is 1. The molecule has 4 nitrogen and oxygen atoms in total. The Kier molecular flexibility index (Phi) is 5.12. The third-order valence-electron chi connectivity index (χ3n) is 2.72. The number of pyridine rings is 1. The number of rotatable bonds is 5. The molecule has 2 N–H and O–H groups in total. The smallest absolute Gasteiger partial charge is 0.258 e. The lowest BCUT2D eigenvalue weighted by Crippen LogP contribution is -2.28. The van der Waals surface area contributed by atoms with Crippen LogP contribution in [0.3, 0.4) is 0 Å². The van der Waals surface area contributed by atoms with Gasteiger partial charge < -0.3 is 10.1 Å². The predicted molar refractivity (Wildman–Crippen MR) is 79.2 cm³/mol. The van der Waals surface area contributed by atoms with Crippen LogP contribution in [0, 0.1) is 6.92 Å². The van der Waals surface area contributed by atoms with Crippen LogP contribution in [0.25, 0.3) is 0 Å². The molecule has 0 radical (unpaired) electrons. The molecule has 1 amide bonds. The molecule has 0 saturated carbocycles. The average Bonchev–Trinajstić information content (AvgIpc) is 2.45. The SMILES string of the molecule is Cc1ccc(OCC(=O)NCc2cc[nH+]cc2)c(Br)c1. The Hall–Kier alpha value is -1.88. The number of aromatic nitrogens is 1. The van der Waals surface area contributed by atoms with Crippen molar-refractivity contribution in [1.29, 1.82) is 0 Å². The fourth-order valence-corrected chi connectivity index (χ4v) is 2.26. The van der Waals surface area contributed by atoms with Crippen LogP contribution in [0.2, 0.25) is 0 Å². The number of halogens is 1. The number of H-pyrrole nitrogens is 1. The molecule has 1 heterocycles. The van der Waals surface area contributed by atoms with E-state index in [-0.39, 0.29) is 12.5 Å². The van der Waals surface area contributed by atoms with Crippen molar-refractivity contribution in [2.75, 3.05) is 6.61 Å². The third kappa shape index (κ3) is 4.35. The molecule has 0 spiro atoms. The van der Waals surface area contributed by atoms with E-state index in [0.29, 0.717) is 12.3 Å². The average molecular weight is 336 g/mol. The molecule has 0 unspecified atom stereocenters. The molecule has 104 valence electrons. The summed E-state index contributed by atoms with van der Waals surface area (Å²) in [6.07, 6.45) is 3.64. The summed E-state index contributed by atoms with van der Waals surface area (Å²) < 4.78 is 6.33. The molecule has 2 aromatic rings. The molecule has 0 aliphatic carbocycles. The second kappa shape index (κ2) is 7.05. The Labute approximate surface area is 126 Å². The number of benzene rings is 1. The van der Waals surface area contributed by atoms with Crippen molar-refractivity contribution in [3.8, 4) is 5.75 Å². The van der Waals surface area contributed by atoms with Gasteiger partial charge in [-0.3, -0.25) is 4.79 Å². The Morgan fingerprint density at radius 1 is 1.30 bits per heavy atom. The summed E-state index contributed by atoms with van der Waals surface area (Å²) in [6.45, 7) is 2.49. The maximum Gasteiger partial charge on any atom is 0.258 e. The van der Waals surface area contributed by atoms with Gasteiger partial charge >= 0.3 is 0 Å². The first kappa shape index (κ1) is 14.5. The van der Waals surface area contributed by atoms with E-state index in [1.54, 1.807) is 0 Å². The monoisotopic (exact) mass is 335 g/mol. The van der Waals surface area contributed by atoms with Gasteiger partial charge in [0.05, 0.1) is 4.47 Å². The summed E-state index contributed by atoms with van der Waals surface area (Å²) in [5.41, 5.74) is 2.17. The summed E-state index contributed by atoms with van der Waals surface area (Å²) in [5.74, 6) is 0.519. The molecule has 0 aliphatic heterocycles. The fourth-order valence-electron chi connectivity index (χ4n) is 1.66. The lowest BCUT2D eigenvalue weighted by atomic mass is 10.2. The second-order valence-electron chi connectivity index (χ2n) is 4.41. The molecular weight excluding hydrogens is 320 g/mol. The molecule has 1 aromatic carbocycles. The number of hydrogen-bond acceptors (Lipinski definition) is 2. The first-order valence-corrected chi connectivity index (χ1v) is 7.05. The van der Waals surface area contributed by atoms with E-state index in [9.17, 15) is 4.79 Å². The first-order valence-electron chi connectivity index (χ1n) is 6.26. The van der Waals surface area contributed by atoms with E-state index in [0.717, 1.165) is 15.6 Å². The van der Waals surface area contributed by atoms with Crippen molar-refractivity contribution in [2.45, 2.75) is 13.5 Å². The second-order valence-corrected chi connectivity index (χ2v) is 5.26. The van der Waals surface area contributed by atoms with Gasteiger partial charge in [-0.15, -0.1) is 0 Å². The van der Waals surface area contributed by atoms with E-state index < -0.39 is 0 Å². The normalized spacial score (nSPS) is 10.1. The van der Waals surface area contributed by atoms with Crippen molar-refractivity contribution in [3.63, 3.8) is 0 Å². The van der Waals surface area contributed by atoms with Gasteiger partial charge in [-0.25, -0.2) is 4.98 Å². The lowest BCUT2D eigenvalue weighted by Gasteiger charge is -2.09. The van der Waals surface area contributed by atoms with E-state index in [2.05, 4.69) is 26.2 Å². The molecule has 0 atom stereocenters. The van der Waals surface area contributed by atoms with Gasteiger partial charge in [0.25, 0.3) is 5.91 Å². The number of carbonyl (C=O) groups is 1. The van der Waals surface area contributed by atoms with Gasteiger partial charge in [-0.05, 0) is 46.1 Å². The van der Waals surface area contributed by atoms with Crippen molar-refractivity contribution >= 4 is 21.8 Å². The molecule has 20 heavy (non-hydrogen) atoms. The first-order chi connectivity index (χ1) is 9.65. The summed E-state index contributed by atoms with van der Waals surface area (Å²) >= 11 is 3.41. The van der Waals surface area contributed by atoms with Crippen molar-refractivity contribution < 1.29 is 14.5 Å². The lowest BCUT2D eigenvalue weighted by molar-refractivity contribution is -0.378. The minimum Gasteiger partial charge on any atom is -0.483 e. The maximum absolute atomic E-state index is 11.7. The number of aryl methyl sites for hydroxylation is 1. The third-order valence-corrected chi connectivity index (χ3v) is 3.34. The Balaban J connectivity index is 1.80. The number of nitrogens with one attached hydrogen (secondary N) is 2. The van der Waals surface area contributed by atoms with Gasteiger partial charge in [0, 0.05) is 18.7 Å².